The Balaban J connectivity index is -0.000000186. The summed E-state index contributed by atoms with van der Waals surface area (Å²) in [6.45, 7) is 22.9. The average Bonchev–Trinajstić information content (AvgIpc) is 3.66. The monoisotopic (exact) mass is 873 g/mol. The highest BCUT2D eigenvalue weighted by Crippen LogP contribution is 2.22. The number of amides is 1. The van der Waals surface area contributed by atoms with Crippen molar-refractivity contribution in [1.29, 1.82) is 0 Å². The largest absolute Gasteiger partial charge is 0.519 e. The van der Waals surface area contributed by atoms with Crippen LogP contribution < -0.4 is 28.3 Å². The first-order chi connectivity index (χ1) is 22.4. The number of alkyl carbamates (subject to hydrolysis) is 1. The predicted octanol–water partition coefficient (Wildman–Crippen LogP) is 8.98. The molecule has 1 amide bonds. The standard InChI is InChI=1S/C10H18O5.C9H15N3O2S.C4H3N3S.C4H7N3S.CH2Cl2.CH4.2ClH/c1-9(2,3)14-7(11)13-8(12)15-10(4,5)6;1-9(2,3)14-8(13)12-5-6-4-11-7(10)15-6;1-6-3-2-7-4(5)8-3;5-1-3-2-7-4(6)8-3;2-1-3;;;/h1-6H3;4H,5H2,1-3H3,(H2,10,11)(H,12,13);2H,(H2,5,7);2H,1,5H2,(H2,6,7);1H2;1H4;2*1H. The van der Waals surface area contributed by atoms with E-state index in [1.807, 2.05) is 20.8 Å². The van der Waals surface area contributed by atoms with Crippen LogP contribution >= 0.6 is 82.0 Å². The zero-order valence-corrected chi connectivity index (χ0v) is 35.2. The smallest absolute Gasteiger partial charge is 0.444 e. The maximum Gasteiger partial charge on any atom is 0.519 e. The molecule has 0 aliphatic heterocycles. The summed E-state index contributed by atoms with van der Waals surface area (Å²) in [4.78, 5) is 49.7. The van der Waals surface area contributed by atoms with E-state index in [2.05, 4.69) is 29.9 Å². The van der Waals surface area contributed by atoms with Crippen LogP contribution in [0.3, 0.4) is 0 Å². The summed E-state index contributed by atoms with van der Waals surface area (Å²) in [5.41, 5.74) is 19.4. The third kappa shape index (κ3) is 36.7. The Kier molecular flexibility index (Phi) is 32.9. The fourth-order valence-corrected chi connectivity index (χ4v) is 3.89. The first kappa shape index (κ1) is 58.2. The topological polar surface area (TPSA) is 247 Å². The van der Waals surface area contributed by atoms with Gasteiger partial charge < -0.3 is 47.2 Å². The third-order valence-corrected chi connectivity index (χ3v) is 6.11. The highest BCUT2D eigenvalue weighted by atomic mass is 35.5. The molecule has 0 bridgehead atoms. The number of carbonyl (C=O) groups is 3. The second-order valence-electron chi connectivity index (χ2n) is 11.7. The molecule has 3 rings (SSSR count). The molecule has 0 unspecified atom stereocenters. The summed E-state index contributed by atoms with van der Waals surface area (Å²) in [5, 5.41) is 4.90. The zero-order chi connectivity index (χ0) is 38.4. The molecule has 3 aromatic heterocycles. The van der Waals surface area contributed by atoms with Crippen LogP contribution in [0.2, 0.25) is 0 Å². The van der Waals surface area contributed by atoms with Crippen molar-refractivity contribution in [1.82, 2.24) is 20.3 Å². The Morgan fingerprint density at radius 3 is 1.37 bits per heavy atom. The summed E-state index contributed by atoms with van der Waals surface area (Å²) in [5.74, 6) is 0. The number of carbonyl (C=O) groups excluding carboxylic acids is 3. The normalized spacial score (nSPS) is 9.75. The molecule has 0 spiro atoms. The number of nitrogens with two attached hydrogens (primary N) is 4. The maximum atomic E-state index is 11.3. The van der Waals surface area contributed by atoms with Crippen molar-refractivity contribution in [2.45, 2.75) is 99.6 Å². The highest BCUT2D eigenvalue weighted by molar-refractivity contribution is 7.19. The van der Waals surface area contributed by atoms with Crippen LogP contribution in [0.1, 0.15) is 79.5 Å². The van der Waals surface area contributed by atoms with Crippen LogP contribution in [-0.2, 0) is 32.0 Å². The Bertz CT molecular complexity index is 1430. The van der Waals surface area contributed by atoms with Crippen LogP contribution in [0.5, 0.6) is 0 Å². The number of halogens is 4. The number of alkyl halides is 2. The minimum absolute atomic E-state index is 0. The van der Waals surface area contributed by atoms with Gasteiger partial charge in [-0.05, 0) is 62.3 Å². The number of nitrogen functional groups attached to an aromatic ring is 3. The summed E-state index contributed by atoms with van der Waals surface area (Å²) < 4.78 is 18.9. The number of hydrogen-bond acceptors (Lipinski definition) is 17. The van der Waals surface area contributed by atoms with E-state index in [9.17, 15) is 14.4 Å². The van der Waals surface area contributed by atoms with Crippen molar-refractivity contribution in [3.8, 4) is 0 Å². The number of ether oxygens (including phenoxy) is 4. The van der Waals surface area contributed by atoms with Gasteiger partial charge in [-0.1, -0.05) is 7.43 Å². The first-order valence-electron chi connectivity index (χ1n) is 13.8. The molecule has 0 saturated heterocycles. The Morgan fingerprint density at radius 2 is 1.12 bits per heavy atom. The SMILES string of the molecule is C.CC(C)(C)OC(=O)NCc1cnc(N)s1.CC(C)(C)OC(=O)OC(=O)OC(C)(C)C.Cl.Cl.ClCCl.NCc1cnc(N)s1.[C-]#[N+]c1cnc(N)s1. The van der Waals surface area contributed by atoms with Gasteiger partial charge in [-0.3, -0.25) is 0 Å². The van der Waals surface area contributed by atoms with E-state index >= 15 is 0 Å². The molecule has 0 atom stereocenters. The van der Waals surface area contributed by atoms with E-state index in [4.69, 9.17) is 66.9 Å². The fourth-order valence-electron chi connectivity index (χ4n) is 2.23. The molecule has 16 nitrogen and oxygen atoms in total. The minimum Gasteiger partial charge on any atom is -0.444 e. The van der Waals surface area contributed by atoms with Crippen LogP contribution in [0.15, 0.2) is 18.6 Å². The van der Waals surface area contributed by atoms with Gasteiger partial charge >= 0.3 is 18.4 Å². The number of nitrogens with one attached hydrogen (secondary N) is 1. The molecular weight excluding hydrogens is 824 g/mol. The Labute approximate surface area is 340 Å². The van der Waals surface area contributed by atoms with E-state index in [-0.39, 0.29) is 37.6 Å². The van der Waals surface area contributed by atoms with Gasteiger partial charge in [-0.2, -0.15) is 0 Å². The molecule has 300 valence electrons. The van der Waals surface area contributed by atoms with Gasteiger partial charge in [0.15, 0.2) is 15.4 Å². The van der Waals surface area contributed by atoms with E-state index in [1.54, 1.807) is 53.9 Å². The van der Waals surface area contributed by atoms with Gasteiger partial charge in [-0.15, -0.1) is 82.0 Å². The molecular formula is C29H51Cl4N9O7S3. The van der Waals surface area contributed by atoms with Crippen molar-refractivity contribution in [2.75, 3.05) is 22.5 Å². The zero-order valence-electron chi connectivity index (χ0n) is 29.6. The van der Waals surface area contributed by atoms with E-state index < -0.39 is 35.2 Å². The number of nitrogens with zero attached hydrogens (tertiary/aromatic N) is 4. The van der Waals surface area contributed by atoms with Crippen molar-refractivity contribution in [3.63, 3.8) is 0 Å². The second kappa shape index (κ2) is 29.4. The quantitative estimate of drug-likeness (QED) is 0.0542. The van der Waals surface area contributed by atoms with E-state index in [0.717, 1.165) is 9.75 Å². The van der Waals surface area contributed by atoms with Crippen LogP contribution in [0.25, 0.3) is 4.85 Å². The van der Waals surface area contributed by atoms with Crippen LogP contribution in [0.4, 0.5) is 34.8 Å². The molecule has 3 heterocycles. The molecule has 0 fully saturated rings. The Hall–Kier alpha value is -3.09. The summed E-state index contributed by atoms with van der Waals surface area (Å²) in [6.07, 6.45) is 2.24. The molecule has 0 saturated carbocycles. The predicted molar refractivity (Wildman–Crippen MR) is 218 cm³/mol. The highest BCUT2D eigenvalue weighted by Gasteiger charge is 2.24. The summed E-state index contributed by atoms with van der Waals surface area (Å²) in [7, 11) is 0. The number of hydrogen-bond donors (Lipinski definition) is 5. The van der Waals surface area contributed by atoms with Gasteiger partial charge in [0.25, 0.3) is 5.00 Å². The maximum absolute atomic E-state index is 11.3. The molecule has 0 aliphatic carbocycles. The van der Waals surface area contributed by atoms with Crippen molar-refractivity contribution in [2.24, 2.45) is 5.73 Å². The van der Waals surface area contributed by atoms with Crippen molar-refractivity contribution >= 4 is 121 Å². The molecule has 3 aromatic rings. The lowest BCUT2D eigenvalue weighted by Crippen LogP contribution is -2.31. The van der Waals surface area contributed by atoms with E-state index in [0.29, 0.717) is 33.5 Å². The second-order valence-corrected chi connectivity index (χ2v) is 15.8. The van der Waals surface area contributed by atoms with Gasteiger partial charge in [0.05, 0.1) is 18.5 Å². The number of rotatable bonds is 3. The first-order valence-corrected chi connectivity index (χ1v) is 17.4. The lowest BCUT2D eigenvalue weighted by molar-refractivity contribution is -0.0294. The number of anilines is 3. The Morgan fingerprint density at radius 1 is 0.750 bits per heavy atom. The molecule has 52 heavy (non-hydrogen) atoms. The molecule has 23 heteroatoms. The molecule has 0 aliphatic rings. The van der Waals surface area contributed by atoms with E-state index in [1.165, 1.54) is 40.2 Å². The lowest BCUT2D eigenvalue weighted by Gasteiger charge is -2.20. The molecule has 9 N–H and O–H groups in total. The van der Waals surface area contributed by atoms with Gasteiger partial charge in [0, 0.05) is 34.9 Å². The minimum atomic E-state index is -1.06. The molecule has 0 aromatic carbocycles. The van der Waals surface area contributed by atoms with Crippen molar-refractivity contribution in [3.05, 3.63) is 39.8 Å². The summed E-state index contributed by atoms with van der Waals surface area (Å²) in [6, 6.07) is 0. The van der Waals surface area contributed by atoms with Gasteiger partial charge in [-0.25, -0.2) is 34.2 Å². The van der Waals surface area contributed by atoms with Gasteiger partial charge in [0.1, 0.15) is 16.8 Å². The van der Waals surface area contributed by atoms with Crippen LogP contribution in [-0.4, -0.2) is 55.5 Å². The third-order valence-electron chi connectivity index (χ3n) is 3.72. The van der Waals surface area contributed by atoms with Crippen LogP contribution in [0, 0.1) is 6.57 Å². The lowest BCUT2D eigenvalue weighted by atomic mass is 10.2. The summed E-state index contributed by atoms with van der Waals surface area (Å²) >= 11 is 13.5. The average molecular weight is 876 g/mol. The fraction of sp³-hybridized carbons (Fsp3) is 0.552. The molecule has 0 radical (unpaired) electrons. The number of thiazole rings is 3. The van der Waals surface area contributed by atoms with Gasteiger partial charge in [0.2, 0.25) is 0 Å². The van der Waals surface area contributed by atoms with Crippen molar-refractivity contribution < 1.29 is 33.3 Å². The number of aromatic nitrogens is 3.